The lowest BCUT2D eigenvalue weighted by atomic mass is 9.94. The van der Waals surface area contributed by atoms with E-state index in [2.05, 4.69) is 22.5 Å². The zero-order valence-electron chi connectivity index (χ0n) is 23.3. The van der Waals surface area contributed by atoms with Gasteiger partial charge >= 0.3 is 6.09 Å². The molecule has 0 saturated heterocycles. The highest BCUT2D eigenvalue weighted by Gasteiger charge is 2.33. The van der Waals surface area contributed by atoms with Gasteiger partial charge in [-0.2, -0.15) is 0 Å². The monoisotopic (exact) mass is 535 g/mol. The molecule has 8 nitrogen and oxygen atoms in total. The molecule has 2 aromatic rings. The van der Waals surface area contributed by atoms with Crippen molar-refractivity contribution in [2.24, 2.45) is 11.8 Å². The second-order valence-electron chi connectivity index (χ2n) is 9.80. The van der Waals surface area contributed by atoms with Crippen LogP contribution in [0, 0.1) is 11.8 Å². The molecule has 0 aliphatic rings. The Hall–Kier alpha value is -3.94. The van der Waals surface area contributed by atoms with E-state index in [1.54, 1.807) is 0 Å². The Morgan fingerprint density at radius 1 is 0.769 bits per heavy atom. The van der Waals surface area contributed by atoms with Gasteiger partial charge in [-0.05, 0) is 29.0 Å². The fraction of sp³-hybridized carbons (Fsp3) is 0.419. The van der Waals surface area contributed by atoms with E-state index < -0.39 is 36.0 Å². The highest BCUT2D eigenvalue weighted by atomic mass is 16.5. The van der Waals surface area contributed by atoms with Gasteiger partial charge in [-0.15, -0.1) is 0 Å². The van der Waals surface area contributed by atoms with Crippen molar-refractivity contribution in [3.05, 3.63) is 84.4 Å². The summed E-state index contributed by atoms with van der Waals surface area (Å²) in [5.41, 5.74) is 1.71. The van der Waals surface area contributed by atoms with E-state index in [1.165, 1.54) is 6.08 Å². The van der Waals surface area contributed by atoms with Gasteiger partial charge in [0.1, 0.15) is 18.7 Å². The maximum atomic E-state index is 13.4. The Kier molecular flexibility index (Phi) is 12.9. The summed E-state index contributed by atoms with van der Waals surface area (Å²) < 4.78 is 5.32. The summed E-state index contributed by atoms with van der Waals surface area (Å²) in [6.07, 6.45) is 1.99. The topological polar surface area (TPSA) is 114 Å². The fourth-order valence-electron chi connectivity index (χ4n) is 4.01. The molecule has 0 heterocycles. The van der Waals surface area contributed by atoms with Gasteiger partial charge in [-0.25, -0.2) is 4.79 Å². The first-order chi connectivity index (χ1) is 18.7. The van der Waals surface area contributed by atoms with Crippen LogP contribution >= 0.6 is 0 Å². The first-order valence-electron chi connectivity index (χ1n) is 13.5. The van der Waals surface area contributed by atoms with Crippen molar-refractivity contribution in [1.29, 1.82) is 0 Å². The third-order valence-electron chi connectivity index (χ3n) is 6.92. The van der Waals surface area contributed by atoms with Gasteiger partial charge in [-0.1, -0.05) is 108 Å². The standard InChI is InChI=1S/C31H41N3O5/c1-6-21(4)27(29(36)32-25(26(35)8-3)19-23-15-11-9-12-16-23)33-30(37)28(22(5)7-2)34-31(38)39-20-24-17-13-10-14-18-24/h8-18,21-22,25,27-28H,3,6-7,19-20H2,1-2,4-5H3,(H,32,36)(H,33,37)(H,34,38)/t21-,22-,25-,27-,28-/m0/s1. The van der Waals surface area contributed by atoms with Crippen LogP contribution in [0.5, 0.6) is 0 Å². The quantitative estimate of drug-likeness (QED) is 0.294. The molecule has 0 aliphatic heterocycles. The van der Waals surface area contributed by atoms with Crippen LogP contribution in [0.4, 0.5) is 4.79 Å². The molecular weight excluding hydrogens is 494 g/mol. The number of hydrogen-bond acceptors (Lipinski definition) is 5. The minimum Gasteiger partial charge on any atom is -0.445 e. The van der Waals surface area contributed by atoms with Gasteiger partial charge in [0, 0.05) is 6.42 Å². The van der Waals surface area contributed by atoms with Crippen LogP contribution in [-0.4, -0.2) is 41.8 Å². The maximum Gasteiger partial charge on any atom is 0.408 e. The van der Waals surface area contributed by atoms with E-state index in [-0.39, 0.29) is 24.2 Å². The number of carbonyl (C=O) groups excluding carboxylic acids is 4. The molecular formula is C31H41N3O5. The fourth-order valence-corrected chi connectivity index (χ4v) is 4.01. The van der Waals surface area contributed by atoms with E-state index in [9.17, 15) is 19.2 Å². The number of carbonyl (C=O) groups is 4. The molecule has 0 unspecified atom stereocenters. The predicted octanol–water partition coefficient (Wildman–Crippen LogP) is 4.34. The Morgan fingerprint density at radius 2 is 1.26 bits per heavy atom. The number of amides is 3. The second kappa shape index (κ2) is 16.1. The Bertz CT molecular complexity index is 1090. The molecule has 0 fully saturated rings. The highest BCUT2D eigenvalue weighted by molar-refractivity contribution is 5.98. The molecule has 0 aromatic heterocycles. The van der Waals surface area contributed by atoms with Gasteiger partial charge in [0.25, 0.3) is 0 Å². The normalized spacial score (nSPS) is 14.6. The third-order valence-corrected chi connectivity index (χ3v) is 6.92. The number of nitrogens with one attached hydrogen (secondary N) is 3. The van der Waals surface area contributed by atoms with Gasteiger partial charge in [-0.3, -0.25) is 14.4 Å². The number of hydrogen-bond donors (Lipinski definition) is 3. The van der Waals surface area contributed by atoms with Crippen LogP contribution in [0.3, 0.4) is 0 Å². The van der Waals surface area contributed by atoms with Crippen molar-refractivity contribution in [1.82, 2.24) is 16.0 Å². The van der Waals surface area contributed by atoms with Crippen LogP contribution in [0.2, 0.25) is 0 Å². The molecule has 3 amide bonds. The largest absolute Gasteiger partial charge is 0.445 e. The Labute approximate surface area is 231 Å². The van der Waals surface area contributed by atoms with Crippen LogP contribution in [0.1, 0.15) is 51.7 Å². The van der Waals surface area contributed by atoms with Crippen LogP contribution in [-0.2, 0) is 32.1 Å². The molecule has 2 aromatic carbocycles. The van der Waals surface area contributed by atoms with E-state index in [4.69, 9.17) is 4.74 Å². The number of rotatable bonds is 15. The number of benzene rings is 2. The molecule has 3 N–H and O–H groups in total. The van der Waals surface area contributed by atoms with E-state index >= 15 is 0 Å². The number of ketones is 1. The van der Waals surface area contributed by atoms with E-state index in [1.807, 2.05) is 88.4 Å². The Morgan fingerprint density at radius 3 is 1.77 bits per heavy atom. The molecule has 210 valence electrons. The van der Waals surface area contributed by atoms with Crippen molar-refractivity contribution in [2.75, 3.05) is 0 Å². The maximum absolute atomic E-state index is 13.4. The van der Waals surface area contributed by atoms with Crippen LogP contribution in [0.15, 0.2) is 73.3 Å². The minimum atomic E-state index is -0.910. The molecule has 39 heavy (non-hydrogen) atoms. The van der Waals surface area contributed by atoms with E-state index in [0.717, 1.165) is 11.1 Å². The minimum absolute atomic E-state index is 0.0690. The van der Waals surface area contributed by atoms with Crippen molar-refractivity contribution in [3.63, 3.8) is 0 Å². The second-order valence-corrected chi connectivity index (χ2v) is 9.80. The first kappa shape index (κ1) is 31.3. The lowest BCUT2D eigenvalue weighted by Crippen LogP contribution is -2.59. The average molecular weight is 536 g/mol. The van der Waals surface area contributed by atoms with Gasteiger partial charge in [0.05, 0.1) is 6.04 Å². The summed E-state index contributed by atoms with van der Waals surface area (Å²) in [5.74, 6) is -1.72. The molecule has 2 rings (SSSR count). The summed E-state index contributed by atoms with van der Waals surface area (Å²) in [7, 11) is 0. The summed E-state index contributed by atoms with van der Waals surface area (Å²) in [4.78, 5) is 52.0. The molecule has 5 atom stereocenters. The summed E-state index contributed by atoms with van der Waals surface area (Å²) in [6.45, 7) is 11.2. The van der Waals surface area contributed by atoms with E-state index in [0.29, 0.717) is 19.3 Å². The molecule has 0 spiro atoms. The number of ether oxygens (including phenoxy) is 1. The smallest absolute Gasteiger partial charge is 0.408 e. The van der Waals surface area contributed by atoms with Crippen LogP contribution < -0.4 is 16.0 Å². The Balaban J connectivity index is 2.14. The molecule has 0 aliphatic carbocycles. The zero-order valence-corrected chi connectivity index (χ0v) is 23.3. The van der Waals surface area contributed by atoms with Gasteiger partial charge in [0.15, 0.2) is 5.78 Å². The molecule has 0 bridgehead atoms. The van der Waals surface area contributed by atoms with Crippen molar-refractivity contribution in [3.8, 4) is 0 Å². The van der Waals surface area contributed by atoms with Crippen molar-refractivity contribution in [2.45, 2.75) is 71.7 Å². The van der Waals surface area contributed by atoms with Gasteiger partial charge in [0.2, 0.25) is 11.8 Å². The third kappa shape index (κ3) is 10.0. The lowest BCUT2D eigenvalue weighted by molar-refractivity contribution is -0.133. The average Bonchev–Trinajstić information content (AvgIpc) is 2.96. The van der Waals surface area contributed by atoms with Crippen LogP contribution in [0.25, 0.3) is 0 Å². The predicted molar refractivity (Wildman–Crippen MR) is 152 cm³/mol. The summed E-state index contributed by atoms with van der Waals surface area (Å²) in [6, 6.07) is 15.9. The summed E-state index contributed by atoms with van der Waals surface area (Å²) >= 11 is 0. The van der Waals surface area contributed by atoms with Crippen molar-refractivity contribution < 1.29 is 23.9 Å². The molecule has 8 heteroatoms. The zero-order chi connectivity index (χ0) is 28.8. The molecule has 0 saturated carbocycles. The number of alkyl carbamates (subject to hydrolysis) is 1. The lowest BCUT2D eigenvalue weighted by Gasteiger charge is -2.29. The highest BCUT2D eigenvalue weighted by Crippen LogP contribution is 2.14. The summed E-state index contributed by atoms with van der Waals surface area (Å²) in [5, 5.41) is 8.31. The molecule has 0 radical (unpaired) electrons. The van der Waals surface area contributed by atoms with Crippen molar-refractivity contribution >= 4 is 23.7 Å². The first-order valence-corrected chi connectivity index (χ1v) is 13.5. The SMILES string of the molecule is C=CC(=O)[C@H](Cc1ccccc1)NC(=O)[C@@H](NC(=O)[C@@H](NC(=O)OCc1ccccc1)[C@@H](C)CC)[C@@H](C)CC. The van der Waals surface area contributed by atoms with Gasteiger partial charge < -0.3 is 20.7 Å².